The van der Waals surface area contributed by atoms with E-state index in [4.69, 9.17) is 0 Å². The summed E-state index contributed by atoms with van der Waals surface area (Å²) in [6, 6.07) is 20.8. The summed E-state index contributed by atoms with van der Waals surface area (Å²) in [7, 11) is -3.96. The van der Waals surface area contributed by atoms with E-state index in [9.17, 15) is 18.0 Å². The Kier molecular flexibility index (Phi) is 8.61. The molecule has 0 aromatic heterocycles. The number of piperazine rings is 1. The normalized spacial score (nSPS) is 17.1. The maximum atomic E-state index is 13.7. The highest BCUT2D eigenvalue weighted by molar-refractivity contribution is 7.89. The van der Waals surface area contributed by atoms with Crippen LogP contribution in [0.15, 0.2) is 77.7 Å². The number of nitrogens with one attached hydrogen (secondary N) is 1. The van der Waals surface area contributed by atoms with E-state index < -0.39 is 16.1 Å². The van der Waals surface area contributed by atoms with Gasteiger partial charge in [0.2, 0.25) is 21.8 Å². The number of carbonyl (C=O) groups is 2. The predicted octanol–water partition coefficient (Wildman–Crippen LogP) is 3.98. The van der Waals surface area contributed by atoms with Gasteiger partial charge < -0.3 is 9.80 Å². The molecule has 2 unspecified atom stereocenters. The van der Waals surface area contributed by atoms with E-state index in [1.807, 2.05) is 66.4 Å². The first-order valence-electron chi connectivity index (χ1n) is 12.9. The van der Waals surface area contributed by atoms with E-state index >= 15 is 0 Å². The van der Waals surface area contributed by atoms with Crippen LogP contribution in [0.25, 0.3) is 10.8 Å². The standard InChI is InChI=1S/C29H35N3O4S/c1-3-4-14-28(33)32-18-17-31(21-22(32)2)29(34)27(19-23-10-6-5-7-11-23)30-37(35,36)26-16-15-24-12-8-9-13-25(24)20-26/h5-13,15-16,20,22,27,30H,3-4,14,17-19,21H2,1-2H3. The minimum Gasteiger partial charge on any atom is -0.337 e. The molecule has 0 radical (unpaired) electrons. The first kappa shape index (κ1) is 26.8. The molecule has 2 atom stereocenters. The molecule has 7 nitrogen and oxygen atoms in total. The van der Waals surface area contributed by atoms with Gasteiger partial charge in [0.05, 0.1) is 4.90 Å². The van der Waals surface area contributed by atoms with Crippen molar-refractivity contribution in [1.82, 2.24) is 14.5 Å². The van der Waals surface area contributed by atoms with E-state index in [2.05, 4.69) is 11.6 Å². The first-order valence-corrected chi connectivity index (χ1v) is 14.4. The van der Waals surface area contributed by atoms with E-state index in [0.29, 0.717) is 26.1 Å². The van der Waals surface area contributed by atoms with Crippen molar-refractivity contribution >= 4 is 32.6 Å². The van der Waals surface area contributed by atoms with Gasteiger partial charge in [-0.2, -0.15) is 4.72 Å². The van der Waals surface area contributed by atoms with Gasteiger partial charge in [-0.1, -0.05) is 74.0 Å². The van der Waals surface area contributed by atoms with E-state index in [1.165, 1.54) is 0 Å². The summed E-state index contributed by atoms with van der Waals surface area (Å²) in [5.74, 6) is -0.167. The van der Waals surface area contributed by atoms with Crippen molar-refractivity contribution in [1.29, 1.82) is 0 Å². The second kappa shape index (κ2) is 11.9. The zero-order valence-corrected chi connectivity index (χ0v) is 22.3. The van der Waals surface area contributed by atoms with Crippen molar-refractivity contribution in [2.45, 2.75) is 56.5 Å². The number of amides is 2. The number of benzene rings is 3. The molecule has 8 heteroatoms. The fraction of sp³-hybridized carbons (Fsp3) is 0.379. The topological polar surface area (TPSA) is 86.8 Å². The summed E-state index contributed by atoms with van der Waals surface area (Å²) in [5.41, 5.74) is 0.864. The van der Waals surface area contributed by atoms with E-state index in [-0.39, 0.29) is 29.2 Å². The second-order valence-corrected chi connectivity index (χ2v) is 11.4. The summed E-state index contributed by atoms with van der Waals surface area (Å²) < 4.78 is 29.6. The average molecular weight is 522 g/mol. The Bertz CT molecular complexity index is 1340. The van der Waals surface area contributed by atoms with Gasteiger partial charge in [0.15, 0.2) is 0 Å². The predicted molar refractivity (Wildman–Crippen MR) is 145 cm³/mol. The minimum absolute atomic E-state index is 0.110. The van der Waals surface area contributed by atoms with Crippen LogP contribution in [0.5, 0.6) is 0 Å². The molecule has 3 aromatic carbocycles. The SMILES string of the molecule is CCCCC(=O)N1CCN(C(=O)C(Cc2ccccc2)NS(=O)(=O)c2ccc3ccccc3c2)CC1C. The van der Waals surface area contributed by atoms with Gasteiger partial charge in [-0.3, -0.25) is 9.59 Å². The second-order valence-electron chi connectivity index (χ2n) is 9.70. The molecule has 3 aromatic rings. The number of hydrogen-bond donors (Lipinski definition) is 1. The number of hydrogen-bond acceptors (Lipinski definition) is 4. The van der Waals surface area contributed by atoms with Gasteiger partial charge >= 0.3 is 0 Å². The molecular formula is C29H35N3O4S. The monoisotopic (exact) mass is 521 g/mol. The zero-order valence-electron chi connectivity index (χ0n) is 21.5. The number of unbranched alkanes of at least 4 members (excludes halogenated alkanes) is 1. The van der Waals surface area contributed by atoms with Crippen LogP contribution in [0, 0.1) is 0 Å². The van der Waals surface area contributed by atoms with Crippen LogP contribution in [0.3, 0.4) is 0 Å². The maximum absolute atomic E-state index is 13.7. The third-order valence-electron chi connectivity index (χ3n) is 6.91. The molecule has 0 spiro atoms. The van der Waals surface area contributed by atoms with E-state index in [0.717, 1.165) is 29.2 Å². The van der Waals surface area contributed by atoms with Crippen LogP contribution in [-0.4, -0.2) is 61.7 Å². The molecular weight excluding hydrogens is 486 g/mol. The maximum Gasteiger partial charge on any atom is 0.241 e. The van der Waals surface area contributed by atoms with Gasteiger partial charge in [0.1, 0.15) is 6.04 Å². The lowest BCUT2D eigenvalue weighted by molar-refractivity contribution is -0.143. The molecule has 2 amide bonds. The Morgan fingerprint density at radius 1 is 0.973 bits per heavy atom. The van der Waals surface area contributed by atoms with Crippen LogP contribution in [0.2, 0.25) is 0 Å². The largest absolute Gasteiger partial charge is 0.337 e. The summed E-state index contributed by atoms with van der Waals surface area (Å²) in [4.78, 5) is 29.9. The molecule has 1 N–H and O–H groups in total. The first-order chi connectivity index (χ1) is 17.8. The average Bonchev–Trinajstić information content (AvgIpc) is 2.91. The summed E-state index contributed by atoms with van der Waals surface area (Å²) in [5, 5.41) is 1.76. The number of sulfonamides is 1. The number of nitrogens with zero attached hydrogens (tertiary/aromatic N) is 2. The van der Waals surface area contributed by atoms with Crippen molar-refractivity contribution in [3.63, 3.8) is 0 Å². The van der Waals surface area contributed by atoms with Crippen molar-refractivity contribution in [3.05, 3.63) is 78.4 Å². The molecule has 1 aliphatic heterocycles. The third-order valence-corrected chi connectivity index (χ3v) is 8.38. The van der Waals surface area contributed by atoms with Gasteiger partial charge in [-0.15, -0.1) is 0 Å². The fourth-order valence-corrected chi connectivity index (χ4v) is 6.06. The number of fused-ring (bicyclic) bond motifs is 1. The Hall–Kier alpha value is -3.23. The molecule has 1 aliphatic rings. The Morgan fingerprint density at radius 2 is 1.68 bits per heavy atom. The third kappa shape index (κ3) is 6.56. The Balaban J connectivity index is 1.54. The Morgan fingerprint density at radius 3 is 2.38 bits per heavy atom. The van der Waals surface area contributed by atoms with Crippen LogP contribution in [0.4, 0.5) is 0 Å². The van der Waals surface area contributed by atoms with Crippen molar-refractivity contribution in [2.24, 2.45) is 0 Å². The van der Waals surface area contributed by atoms with Crippen molar-refractivity contribution < 1.29 is 18.0 Å². The summed E-state index contributed by atoms with van der Waals surface area (Å²) in [6.07, 6.45) is 2.55. The molecule has 196 valence electrons. The minimum atomic E-state index is -3.96. The molecule has 37 heavy (non-hydrogen) atoms. The summed E-state index contributed by atoms with van der Waals surface area (Å²) >= 11 is 0. The molecule has 1 saturated heterocycles. The molecule has 0 saturated carbocycles. The van der Waals surface area contributed by atoms with Gasteiger partial charge in [0.25, 0.3) is 0 Å². The highest BCUT2D eigenvalue weighted by atomic mass is 32.2. The lowest BCUT2D eigenvalue weighted by Gasteiger charge is -2.41. The quantitative estimate of drug-likeness (QED) is 0.462. The molecule has 1 heterocycles. The van der Waals surface area contributed by atoms with Gasteiger partial charge in [-0.05, 0) is 48.2 Å². The van der Waals surface area contributed by atoms with Crippen molar-refractivity contribution in [2.75, 3.05) is 19.6 Å². The van der Waals surface area contributed by atoms with Gasteiger partial charge in [-0.25, -0.2) is 8.42 Å². The zero-order chi connectivity index (χ0) is 26.4. The summed E-state index contributed by atoms with van der Waals surface area (Å²) in [6.45, 7) is 5.20. The molecule has 0 aliphatic carbocycles. The smallest absolute Gasteiger partial charge is 0.241 e. The molecule has 1 fully saturated rings. The molecule has 4 rings (SSSR count). The lowest BCUT2D eigenvalue weighted by Crippen LogP contribution is -2.59. The highest BCUT2D eigenvalue weighted by Gasteiger charge is 2.34. The number of rotatable bonds is 9. The highest BCUT2D eigenvalue weighted by Crippen LogP contribution is 2.21. The van der Waals surface area contributed by atoms with Crippen LogP contribution in [0.1, 0.15) is 38.7 Å². The van der Waals surface area contributed by atoms with Crippen LogP contribution in [-0.2, 0) is 26.0 Å². The van der Waals surface area contributed by atoms with E-state index in [1.54, 1.807) is 23.1 Å². The van der Waals surface area contributed by atoms with Gasteiger partial charge in [0, 0.05) is 32.1 Å². The fourth-order valence-electron chi connectivity index (χ4n) is 4.84. The van der Waals surface area contributed by atoms with Crippen LogP contribution < -0.4 is 4.72 Å². The number of carbonyl (C=O) groups excluding carboxylic acids is 2. The lowest BCUT2D eigenvalue weighted by atomic mass is 10.0. The van der Waals surface area contributed by atoms with Crippen molar-refractivity contribution in [3.8, 4) is 0 Å². The van der Waals surface area contributed by atoms with Crippen LogP contribution >= 0.6 is 0 Å². The Labute approximate surface area is 219 Å². The molecule has 0 bridgehead atoms.